The largest absolute Gasteiger partial charge is 0.462 e. The van der Waals surface area contributed by atoms with Crippen molar-refractivity contribution in [3.05, 3.63) is 36.5 Å². The van der Waals surface area contributed by atoms with E-state index in [-0.39, 0.29) is 31.1 Å². The van der Waals surface area contributed by atoms with E-state index < -0.39 is 6.10 Å². The Kier molecular flexibility index (Phi) is 50.3. The topological polar surface area (TPSA) is 78.9 Å². The molecule has 1 atom stereocenters. The second kappa shape index (κ2) is 52.3. The molecule has 0 aromatic carbocycles. The van der Waals surface area contributed by atoms with Crippen LogP contribution < -0.4 is 0 Å². The van der Waals surface area contributed by atoms with Crippen molar-refractivity contribution in [2.24, 2.45) is 0 Å². The first-order chi connectivity index (χ1) is 31.0. The van der Waals surface area contributed by atoms with Gasteiger partial charge in [-0.05, 0) is 57.8 Å². The third-order valence-corrected chi connectivity index (χ3v) is 12.1. The number of hydrogen-bond acceptors (Lipinski definition) is 6. The van der Waals surface area contributed by atoms with Crippen molar-refractivity contribution in [2.45, 2.75) is 297 Å². The minimum atomic E-state index is -0.766. The van der Waals surface area contributed by atoms with E-state index in [1.54, 1.807) is 0 Å². The molecular weight excluding hydrogens is 781 g/mol. The van der Waals surface area contributed by atoms with Crippen molar-refractivity contribution in [3.8, 4) is 0 Å². The minimum absolute atomic E-state index is 0.0703. The van der Waals surface area contributed by atoms with E-state index in [0.29, 0.717) is 19.3 Å². The molecule has 0 saturated carbocycles. The van der Waals surface area contributed by atoms with E-state index in [0.717, 1.165) is 70.6 Å². The SMILES string of the molecule is CCCCCCC/C=C\C/C=C\C/C=C\CCCCCCCCCCCCC(=O)OCC(COC(=O)CCCCCCCC)OC(=O)CCCCCCCCCCCCCCCC. The first kappa shape index (κ1) is 60.6. The summed E-state index contributed by atoms with van der Waals surface area (Å²) in [6.07, 6.45) is 61.6. The number of esters is 3. The predicted octanol–water partition coefficient (Wildman–Crippen LogP) is 18.1. The molecule has 0 aliphatic heterocycles. The average molecular weight is 885 g/mol. The fourth-order valence-corrected chi connectivity index (χ4v) is 7.98. The number of unbranched alkanes of at least 4 members (excludes halogenated alkanes) is 33. The Bertz CT molecular complexity index is 1060. The lowest BCUT2D eigenvalue weighted by Gasteiger charge is -2.18. The molecule has 0 aromatic rings. The van der Waals surface area contributed by atoms with Gasteiger partial charge in [0.25, 0.3) is 0 Å². The highest BCUT2D eigenvalue weighted by atomic mass is 16.6. The molecule has 0 rings (SSSR count). The number of rotatable bonds is 50. The molecular formula is C57H104O6. The van der Waals surface area contributed by atoms with Crippen LogP contribution in [0.5, 0.6) is 0 Å². The zero-order valence-electron chi connectivity index (χ0n) is 42.1. The summed E-state index contributed by atoms with van der Waals surface area (Å²) in [6, 6.07) is 0. The van der Waals surface area contributed by atoms with Crippen molar-refractivity contribution >= 4 is 17.9 Å². The van der Waals surface area contributed by atoms with Crippen LogP contribution in [-0.4, -0.2) is 37.2 Å². The van der Waals surface area contributed by atoms with E-state index >= 15 is 0 Å². The van der Waals surface area contributed by atoms with Gasteiger partial charge in [-0.2, -0.15) is 0 Å². The Morgan fingerprint density at radius 1 is 0.317 bits per heavy atom. The Hall–Kier alpha value is -2.37. The normalized spacial score (nSPS) is 12.2. The maximum absolute atomic E-state index is 12.7. The molecule has 0 spiro atoms. The summed E-state index contributed by atoms with van der Waals surface area (Å²) in [7, 11) is 0. The molecule has 1 unspecified atom stereocenters. The predicted molar refractivity (Wildman–Crippen MR) is 270 cm³/mol. The van der Waals surface area contributed by atoms with Crippen LogP contribution in [0.15, 0.2) is 36.5 Å². The highest BCUT2D eigenvalue weighted by Gasteiger charge is 2.19. The zero-order chi connectivity index (χ0) is 45.8. The first-order valence-corrected chi connectivity index (χ1v) is 27.5. The quantitative estimate of drug-likeness (QED) is 0.0262. The van der Waals surface area contributed by atoms with Gasteiger partial charge in [0.15, 0.2) is 6.10 Å². The number of carbonyl (C=O) groups excluding carboxylic acids is 3. The van der Waals surface area contributed by atoms with Gasteiger partial charge in [0.05, 0.1) is 0 Å². The molecule has 0 aromatic heterocycles. The van der Waals surface area contributed by atoms with E-state index in [1.807, 2.05) is 0 Å². The fraction of sp³-hybridized carbons (Fsp3) is 0.842. The Labute approximate surface area is 391 Å². The Morgan fingerprint density at radius 2 is 0.571 bits per heavy atom. The molecule has 0 aliphatic carbocycles. The lowest BCUT2D eigenvalue weighted by molar-refractivity contribution is -0.167. The van der Waals surface area contributed by atoms with Crippen LogP contribution >= 0.6 is 0 Å². The van der Waals surface area contributed by atoms with Crippen LogP contribution in [-0.2, 0) is 28.6 Å². The zero-order valence-corrected chi connectivity index (χ0v) is 42.1. The van der Waals surface area contributed by atoms with Crippen LogP contribution in [0.25, 0.3) is 0 Å². The molecule has 63 heavy (non-hydrogen) atoms. The fourth-order valence-electron chi connectivity index (χ4n) is 7.98. The summed E-state index contributed by atoms with van der Waals surface area (Å²) in [4.78, 5) is 37.8. The lowest BCUT2D eigenvalue weighted by atomic mass is 10.0. The summed E-state index contributed by atoms with van der Waals surface area (Å²) in [6.45, 7) is 6.59. The lowest BCUT2D eigenvalue weighted by Crippen LogP contribution is -2.30. The standard InChI is InChI=1S/C57H104O6/c1-4-7-10-13-16-18-20-22-24-25-26-27-28-29-30-31-32-33-34-36-37-39-41-44-47-50-56(59)62-53-54(52-61-55(58)49-46-43-15-12-9-6-3)63-57(60)51-48-45-42-40-38-35-23-21-19-17-14-11-8-5-2/h20,22,25-26,28-29,54H,4-19,21,23-24,27,30-53H2,1-3H3/b22-20-,26-25-,29-28-. The van der Waals surface area contributed by atoms with Crippen molar-refractivity contribution in [1.29, 1.82) is 0 Å². The van der Waals surface area contributed by atoms with Gasteiger partial charge in [0.1, 0.15) is 13.2 Å². The molecule has 0 saturated heterocycles. The second-order valence-electron chi connectivity index (χ2n) is 18.5. The van der Waals surface area contributed by atoms with Gasteiger partial charge in [-0.15, -0.1) is 0 Å². The third-order valence-electron chi connectivity index (χ3n) is 12.1. The van der Waals surface area contributed by atoms with Crippen molar-refractivity contribution < 1.29 is 28.6 Å². The van der Waals surface area contributed by atoms with Crippen LogP contribution in [0.1, 0.15) is 290 Å². The third kappa shape index (κ3) is 50.5. The monoisotopic (exact) mass is 885 g/mol. The summed E-state index contributed by atoms with van der Waals surface area (Å²) in [5.74, 6) is -0.871. The summed E-state index contributed by atoms with van der Waals surface area (Å²) in [5, 5.41) is 0. The van der Waals surface area contributed by atoms with Gasteiger partial charge in [0.2, 0.25) is 0 Å². The number of ether oxygens (including phenoxy) is 3. The van der Waals surface area contributed by atoms with E-state index in [2.05, 4.69) is 57.2 Å². The van der Waals surface area contributed by atoms with Gasteiger partial charge >= 0.3 is 17.9 Å². The molecule has 0 heterocycles. The van der Waals surface area contributed by atoms with Gasteiger partial charge in [0, 0.05) is 19.3 Å². The van der Waals surface area contributed by atoms with Crippen LogP contribution in [0, 0.1) is 0 Å². The molecule has 0 fully saturated rings. The average Bonchev–Trinajstić information content (AvgIpc) is 3.28. The number of hydrogen-bond donors (Lipinski definition) is 0. The smallest absolute Gasteiger partial charge is 0.306 e. The maximum Gasteiger partial charge on any atom is 0.306 e. The van der Waals surface area contributed by atoms with Crippen LogP contribution in [0.4, 0.5) is 0 Å². The second-order valence-corrected chi connectivity index (χ2v) is 18.5. The molecule has 0 amide bonds. The van der Waals surface area contributed by atoms with Crippen molar-refractivity contribution in [1.82, 2.24) is 0 Å². The maximum atomic E-state index is 12.7. The molecule has 6 nitrogen and oxygen atoms in total. The van der Waals surface area contributed by atoms with Gasteiger partial charge in [-0.1, -0.05) is 250 Å². The number of carbonyl (C=O) groups is 3. The van der Waals surface area contributed by atoms with Crippen molar-refractivity contribution in [2.75, 3.05) is 13.2 Å². The van der Waals surface area contributed by atoms with Gasteiger partial charge < -0.3 is 14.2 Å². The molecule has 368 valence electrons. The van der Waals surface area contributed by atoms with Crippen LogP contribution in [0.3, 0.4) is 0 Å². The van der Waals surface area contributed by atoms with Gasteiger partial charge in [-0.3, -0.25) is 14.4 Å². The number of allylic oxidation sites excluding steroid dienone is 6. The first-order valence-electron chi connectivity index (χ1n) is 27.5. The van der Waals surface area contributed by atoms with Gasteiger partial charge in [-0.25, -0.2) is 0 Å². The minimum Gasteiger partial charge on any atom is -0.462 e. The summed E-state index contributed by atoms with van der Waals surface area (Å²) < 4.78 is 16.7. The van der Waals surface area contributed by atoms with E-state index in [1.165, 1.54) is 180 Å². The van der Waals surface area contributed by atoms with E-state index in [4.69, 9.17) is 14.2 Å². The Morgan fingerprint density at radius 3 is 0.889 bits per heavy atom. The molecule has 0 radical (unpaired) electrons. The molecule has 0 bridgehead atoms. The van der Waals surface area contributed by atoms with Crippen molar-refractivity contribution in [3.63, 3.8) is 0 Å². The molecule has 0 N–H and O–H groups in total. The Balaban J connectivity index is 4.10. The van der Waals surface area contributed by atoms with Crippen LogP contribution in [0.2, 0.25) is 0 Å². The highest BCUT2D eigenvalue weighted by Crippen LogP contribution is 2.16. The molecule has 0 aliphatic rings. The summed E-state index contributed by atoms with van der Waals surface area (Å²) >= 11 is 0. The van der Waals surface area contributed by atoms with E-state index in [9.17, 15) is 14.4 Å². The highest BCUT2D eigenvalue weighted by molar-refractivity contribution is 5.71. The molecule has 6 heteroatoms. The summed E-state index contributed by atoms with van der Waals surface area (Å²) in [5.41, 5.74) is 0.